The number of amides is 1. The summed E-state index contributed by atoms with van der Waals surface area (Å²) in [6.45, 7) is 5.35. The van der Waals surface area contributed by atoms with Crippen molar-refractivity contribution in [3.05, 3.63) is 101 Å². The number of hydrogen-bond acceptors (Lipinski definition) is 6. The SMILES string of the molecule is CC/C=C\c1ncc(/C(C)=C/C=C(\CF)C(=O)N2CCN(Cc3ccc(F)cc3)CC2)n1/N=C/c1cnc(N)c(C(F)(F)F)c1. The Labute approximate surface area is 258 Å². The molecule has 0 aliphatic carbocycles. The Morgan fingerprint density at radius 3 is 2.42 bits per heavy atom. The molecule has 0 spiro atoms. The highest BCUT2D eigenvalue weighted by Gasteiger charge is 2.34. The standard InChI is InChI=1S/C32H34F5N7O/c1-3-4-5-29-39-20-28(44(29)41-19-24-16-27(32(35,36)37)30(38)40-18-24)22(2)6-9-25(17-33)31(45)43-14-12-42(13-15-43)21-23-7-10-26(34)11-8-23/h4-11,16,18-20H,3,12-15,17,21H2,1-2H3,(H2,38,40)/b5-4-,22-6+,25-9+,41-19+. The van der Waals surface area contributed by atoms with Crippen molar-refractivity contribution in [1.29, 1.82) is 0 Å². The molecule has 45 heavy (non-hydrogen) atoms. The number of aromatic nitrogens is 3. The molecule has 13 heteroatoms. The second-order valence-electron chi connectivity index (χ2n) is 10.4. The summed E-state index contributed by atoms with van der Waals surface area (Å²) in [4.78, 5) is 24.9. The zero-order chi connectivity index (χ0) is 32.6. The molecule has 2 N–H and O–H groups in total. The number of allylic oxidation sites excluding steroid dienone is 4. The van der Waals surface area contributed by atoms with E-state index in [4.69, 9.17) is 5.73 Å². The van der Waals surface area contributed by atoms with Gasteiger partial charge >= 0.3 is 6.18 Å². The van der Waals surface area contributed by atoms with Gasteiger partial charge in [0.15, 0.2) is 5.82 Å². The number of anilines is 1. The van der Waals surface area contributed by atoms with Crippen LogP contribution in [0.1, 0.15) is 48.5 Å². The summed E-state index contributed by atoms with van der Waals surface area (Å²) in [6.07, 6.45) is 6.54. The number of imidazole rings is 1. The van der Waals surface area contributed by atoms with E-state index >= 15 is 0 Å². The maximum Gasteiger partial charge on any atom is 0.419 e. The quantitative estimate of drug-likeness (QED) is 0.130. The number of pyridine rings is 1. The van der Waals surface area contributed by atoms with Gasteiger partial charge in [-0.3, -0.25) is 9.69 Å². The van der Waals surface area contributed by atoms with Gasteiger partial charge in [0.1, 0.15) is 18.3 Å². The normalized spacial score (nSPS) is 15.5. The molecule has 0 unspecified atom stereocenters. The molecule has 3 heterocycles. The Kier molecular flexibility index (Phi) is 11.0. The first-order valence-electron chi connectivity index (χ1n) is 14.3. The molecule has 1 saturated heterocycles. The number of carbonyl (C=O) groups is 1. The van der Waals surface area contributed by atoms with Gasteiger partial charge in [0.25, 0.3) is 5.91 Å². The number of halogens is 5. The van der Waals surface area contributed by atoms with E-state index in [1.54, 1.807) is 36.1 Å². The van der Waals surface area contributed by atoms with Crippen LogP contribution in [0.25, 0.3) is 11.6 Å². The predicted molar refractivity (Wildman–Crippen MR) is 164 cm³/mol. The van der Waals surface area contributed by atoms with Crippen LogP contribution >= 0.6 is 0 Å². The highest BCUT2D eigenvalue weighted by Crippen LogP contribution is 2.32. The molecular formula is C32H34F5N7O. The van der Waals surface area contributed by atoms with Gasteiger partial charge in [-0.25, -0.2) is 23.4 Å². The minimum absolute atomic E-state index is 0.0189. The van der Waals surface area contributed by atoms with E-state index in [2.05, 4.69) is 20.0 Å². The molecule has 8 nitrogen and oxygen atoms in total. The average molecular weight is 628 g/mol. The third-order valence-corrected chi connectivity index (χ3v) is 7.17. The fourth-order valence-corrected chi connectivity index (χ4v) is 4.64. The summed E-state index contributed by atoms with van der Waals surface area (Å²) < 4.78 is 68.6. The van der Waals surface area contributed by atoms with Crippen molar-refractivity contribution in [3.63, 3.8) is 0 Å². The Morgan fingerprint density at radius 2 is 1.78 bits per heavy atom. The van der Waals surface area contributed by atoms with Crippen LogP contribution in [0.4, 0.5) is 27.8 Å². The van der Waals surface area contributed by atoms with Crippen LogP contribution in [0.3, 0.4) is 0 Å². The van der Waals surface area contributed by atoms with Crippen LogP contribution in [0.2, 0.25) is 0 Å². The van der Waals surface area contributed by atoms with Crippen LogP contribution in [0, 0.1) is 5.82 Å². The maximum atomic E-state index is 14.1. The first kappa shape index (κ1) is 33.2. The predicted octanol–water partition coefficient (Wildman–Crippen LogP) is 5.97. The van der Waals surface area contributed by atoms with Gasteiger partial charge in [0.05, 0.1) is 23.7 Å². The lowest BCUT2D eigenvalue weighted by molar-refractivity contribution is -0.137. The molecule has 1 fully saturated rings. The zero-order valence-electron chi connectivity index (χ0n) is 24.9. The summed E-state index contributed by atoms with van der Waals surface area (Å²) in [5.41, 5.74) is 6.43. The molecule has 1 aromatic carbocycles. The van der Waals surface area contributed by atoms with Crippen molar-refractivity contribution >= 4 is 29.6 Å². The second kappa shape index (κ2) is 14.9. The van der Waals surface area contributed by atoms with Gasteiger partial charge in [-0.1, -0.05) is 37.3 Å². The van der Waals surface area contributed by atoms with E-state index in [9.17, 15) is 26.7 Å². The topological polar surface area (TPSA) is 92.6 Å². The number of nitrogen functional groups attached to an aromatic ring is 1. The van der Waals surface area contributed by atoms with Gasteiger partial charge in [-0.15, -0.1) is 0 Å². The molecule has 0 saturated carbocycles. The van der Waals surface area contributed by atoms with E-state index in [1.807, 2.05) is 13.0 Å². The van der Waals surface area contributed by atoms with Crippen molar-refractivity contribution in [1.82, 2.24) is 24.4 Å². The van der Waals surface area contributed by atoms with Crippen molar-refractivity contribution in [2.45, 2.75) is 33.0 Å². The number of nitrogens with zero attached hydrogens (tertiary/aromatic N) is 6. The van der Waals surface area contributed by atoms with E-state index in [0.717, 1.165) is 11.6 Å². The lowest BCUT2D eigenvalue weighted by atomic mass is 10.1. The third-order valence-electron chi connectivity index (χ3n) is 7.17. The molecule has 1 aliphatic rings. The number of benzene rings is 1. The molecule has 0 bridgehead atoms. The fraction of sp³-hybridized carbons (Fsp3) is 0.312. The summed E-state index contributed by atoms with van der Waals surface area (Å²) >= 11 is 0. The van der Waals surface area contributed by atoms with Crippen LogP contribution in [-0.4, -0.2) is 69.4 Å². The number of carbonyl (C=O) groups excluding carboxylic acids is 1. The van der Waals surface area contributed by atoms with Gasteiger partial charge in [0, 0.05) is 50.1 Å². The largest absolute Gasteiger partial charge is 0.419 e. The van der Waals surface area contributed by atoms with Gasteiger partial charge < -0.3 is 10.6 Å². The Balaban J connectivity index is 1.51. The summed E-state index contributed by atoms with van der Waals surface area (Å²) in [5, 5.41) is 4.36. The number of hydrogen-bond donors (Lipinski definition) is 1. The van der Waals surface area contributed by atoms with Crippen LogP contribution in [-0.2, 0) is 17.5 Å². The molecule has 1 aliphatic heterocycles. The smallest absolute Gasteiger partial charge is 0.383 e. The molecule has 0 radical (unpaired) electrons. The Bertz CT molecular complexity index is 1600. The van der Waals surface area contributed by atoms with Crippen LogP contribution in [0.15, 0.2) is 71.6 Å². The minimum atomic E-state index is -4.68. The van der Waals surface area contributed by atoms with E-state index in [-0.39, 0.29) is 17.0 Å². The zero-order valence-corrected chi connectivity index (χ0v) is 24.9. The van der Waals surface area contributed by atoms with E-state index < -0.39 is 30.1 Å². The summed E-state index contributed by atoms with van der Waals surface area (Å²) in [5.74, 6) is -0.921. The van der Waals surface area contributed by atoms with Gasteiger partial charge in [-0.2, -0.15) is 18.3 Å². The molecule has 238 valence electrons. The molecule has 1 amide bonds. The average Bonchev–Trinajstić information content (AvgIpc) is 3.43. The third kappa shape index (κ3) is 8.72. The number of piperazine rings is 1. The number of alkyl halides is 4. The minimum Gasteiger partial charge on any atom is -0.383 e. The summed E-state index contributed by atoms with van der Waals surface area (Å²) in [7, 11) is 0. The second-order valence-corrected chi connectivity index (χ2v) is 10.4. The van der Waals surface area contributed by atoms with Crippen LogP contribution in [0.5, 0.6) is 0 Å². The van der Waals surface area contributed by atoms with Crippen molar-refractivity contribution in [3.8, 4) is 0 Å². The molecule has 0 atom stereocenters. The van der Waals surface area contributed by atoms with E-state index in [1.165, 1.54) is 41.5 Å². The lowest BCUT2D eigenvalue weighted by Crippen LogP contribution is -2.48. The highest BCUT2D eigenvalue weighted by molar-refractivity contribution is 5.94. The maximum absolute atomic E-state index is 14.1. The number of nitrogens with two attached hydrogens (primary N) is 1. The molecular weight excluding hydrogens is 593 g/mol. The van der Waals surface area contributed by atoms with Crippen molar-refractivity contribution in [2.75, 3.05) is 38.6 Å². The van der Waals surface area contributed by atoms with E-state index in [0.29, 0.717) is 56.2 Å². The molecule has 4 rings (SSSR count). The van der Waals surface area contributed by atoms with Gasteiger partial charge in [-0.05, 0) is 48.8 Å². The Hall–Kier alpha value is -4.65. The first-order chi connectivity index (χ1) is 21.5. The number of rotatable bonds is 10. The monoisotopic (exact) mass is 627 g/mol. The highest BCUT2D eigenvalue weighted by atomic mass is 19.4. The molecule has 3 aromatic rings. The van der Waals surface area contributed by atoms with Crippen LogP contribution < -0.4 is 5.73 Å². The van der Waals surface area contributed by atoms with Crippen molar-refractivity contribution < 1.29 is 26.7 Å². The summed E-state index contributed by atoms with van der Waals surface area (Å²) in [6, 6.07) is 7.14. The molecule has 2 aromatic heterocycles. The Morgan fingerprint density at radius 1 is 1.07 bits per heavy atom. The lowest BCUT2D eigenvalue weighted by Gasteiger charge is -2.35. The first-order valence-corrected chi connectivity index (χ1v) is 14.3. The van der Waals surface area contributed by atoms with Gasteiger partial charge in [0.2, 0.25) is 0 Å². The van der Waals surface area contributed by atoms with Crippen molar-refractivity contribution in [2.24, 2.45) is 5.10 Å². The fourth-order valence-electron chi connectivity index (χ4n) is 4.64.